The summed E-state index contributed by atoms with van der Waals surface area (Å²) in [6.07, 6.45) is -6.25. The Morgan fingerprint density at radius 3 is 2.12 bits per heavy atom. The lowest BCUT2D eigenvalue weighted by atomic mass is 9.99. The summed E-state index contributed by atoms with van der Waals surface area (Å²) >= 11 is 0. The van der Waals surface area contributed by atoms with Crippen molar-refractivity contribution in [2.45, 2.75) is 57.1 Å². The Kier molecular flexibility index (Phi) is 7.89. The fourth-order valence-corrected chi connectivity index (χ4v) is 3.49. The normalized spacial score (nSPS) is 19.5. The Morgan fingerprint density at radius 1 is 0.970 bits per heavy atom. The van der Waals surface area contributed by atoms with E-state index in [-0.39, 0.29) is 24.3 Å². The van der Waals surface area contributed by atoms with Gasteiger partial charge in [0.2, 0.25) is 0 Å². The van der Waals surface area contributed by atoms with Gasteiger partial charge >= 0.3 is 12.3 Å². The summed E-state index contributed by atoms with van der Waals surface area (Å²) in [7, 11) is 0. The van der Waals surface area contributed by atoms with Crippen LogP contribution in [0.15, 0.2) is 36.4 Å². The van der Waals surface area contributed by atoms with Gasteiger partial charge in [0, 0.05) is 18.7 Å². The van der Waals surface area contributed by atoms with Crippen molar-refractivity contribution in [2.75, 3.05) is 13.2 Å². The fraction of sp³-hybridized carbons (Fsp3) is 0.478. The van der Waals surface area contributed by atoms with Gasteiger partial charge in [-0.1, -0.05) is 25.5 Å². The summed E-state index contributed by atoms with van der Waals surface area (Å²) in [5, 5.41) is 0. The van der Waals surface area contributed by atoms with Gasteiger partial charge in [0.05, 0.1) is 24.4 Å². The maximum Gasteiger partial charge on any atom is 0.426 e. The van der Waals surface area contributed by atoms with Gasteiger partial charge < -0.3 is 14.2 Å². The van der Waals surface area contributed by atoms with Crippen LogP contribution >= 0.6 is 0 Å². The van der Waals surface area contributed by atoms with Crippen LogP contribution in [-0.2, 0) is 21.8 Å². The van der Waals surface area contributed by atoms with Crippen molar-refractivity contribution in [3.05, 3.63) is 64.7 Å². The van der Waals surface area contributed by atoms with Crippen LogP contribution in [0.2, 0.25) is 0 Å². The van der Waals surface area contributed by atoms with E-state index in [4.69, 9.17) is 9.47 Å². The van der Waals surface area contributed by atoms with Crippen molar-refractivity contribution in [2.24, 2.45) is 0 Å². The number of hydrogen-bond donors (Lipinski definition) is 0. The van der Waals surface area contributed by atoms with E-state index in [1.807, 2.05) is 0 Å². The summed E-state index contributed by atoms with van der Waals surface area (Å²) < 4.78 is 110. The molecular weight excluding hydrogens is 457 g/mol. The van der Waals surface area contributed by atoms with E-state index < -0.39 is 40.8 Å². The molecule has 2 aromatic rings. The Morgan fingerprint density at radius 2 is 1.61 bits per heavy atom. The molecule has 1 aliphatic rings. The molecule has 33 heavy (non-hydrogen) atoms. The van der Waals surface area contributed by atoms with E-state index in [0.29, 0.717) is 25.2 Å². The molecule has 0 spiro atoms. The van der Waals surface area contributed by atoms with E-state index in [9.17, 15) is 30.7 Å². The van der Waals surface area contributed by atoms with E-state index in [1.54, 1.807) is 0 Å². The van der Waals surface area contributed by atoms with Crippen molar-refractivity contribution in [1.82, 2.24) is 0 Å². The van der Waals surface area contributed by atoms with Gasteiger partial charge in [-0.25, -0.2) is 8.78 Å². The first-order valence-corrected chi connectivity index (χ1v) is 10.5. The third-order valence-corrected chi connectivity index (χ3v) is 5.25. The lowest BCUT2D eigenvalue weighted by molar-refractivity contribution is -0.185. The van der Waals surface area contributed by atoms with Gasteiger partial charge in [0.15, 0.2) is 0 Å². The molecule has 0 radical (unpaired) electrons. The Balaban J connectivity index is 1.65. The molecule has 2 aromatic carbocycles. The highest BCUT2D eigenvalue weighted by Crippen LogP contribution is 2.38. The van der Waals surface area contributed by atoms with Crippen LogP contribution in [0.4, 0.5) is 30.7 Å². The predicted molar refractivity (Wildman–Crippen MR) is 105 cm³/mol. The molecule has 0 aromatic heterocycles. The van der Waals surface area contributed by atoms with Crippen LogP contribution in [0.3, 0.4) is 0 Å². The van der Waals surface area contributed by atoms with E-state index in [2.05, 4.69) is 11.7 Å². The second-order valence-corrected chi connectivity index (χ2v) is 7.75. The first-order chi connectivity index (χ1) is 15.5. The molecule has 3 nitrogen and oxygen atoms in total. The maximum atomic E-state index is 14.5. The van der Waals surface area contributed by atoms with Gasteiger partial charge in [-0.3, -0.25) is 0 Å². The standard InChI is InChI=1S/C23H23F7O3/c1-2-3-10-31-16-8-9-20(32-13-16)14-4-6-15(7-5-14)23(29,30)33-17-11-18(24)21(19(25)12-17)22(26,27)28/h4-7,11-12,16,20H,2-3,8-10,13H2,1H3. The third-order valence-electron chi connectivity index (χ3n) is 5.25. The van der Waals surface area contributed by atoms with Crippen molar-refractivity contribution >= 4 is 0 Å². The Bertz CT molecular complexity index is 898. The number of rotatable bonds is 8. The highest BCUT2D eigenvalue weighted by molar-refractivity contribution is 5.34. The molecule has 0 bridgehead atoms. The summed E-state index contributed by atoms with van der Waals surface area (Å²) in [5.41, 5.74) is -2.15. The summed E-state index contributed by atoms with van der Waals surface area (Å²) in [6.45, 7) is 3.11. The molecule has 1 aliphatic heterocycles. The minimum Gasteiger partial charge on any atom is -0.429 e. The average Bonchev–Trinajstić information content (AvgIpc) is 2.73. The van der Waals surface area contributed by atoms with Crippen molar-refractivity contribution in [3.8, 4) is 5.75 Å². The van der Waals surface area contributed by atoms with Crippen molar-refractivity contribution < 1.29 is 44.9 Å². The largest absolute Gasteiger partial charge is 0.429 e. The summed E-state index contributed by atoms with van der Waals surface area (Å²) in [5.74, 6) is -5.16. The van der Waals surface area contributed by atoms with Gasteiger partial charge in [-0.2, -0.15) is 22.0 Å². The average molecular weight is 480 g/mol. The molecule has 0 saturated carbocycles. The van der Waals surface area contributed by atoms with Crippen LogP contribution in [0.1, 0.15) is 55.4 Å². The molecule has 1 saturated heterocycles. The highest BCUT2D eigenvalue weighted by Gasteiger charge is 2.40. The van der Waals surface area contributed by atoms with E-state index in [0.717, 1.165) is 31.4 Å². The fourth-order valence-electron chi connectivity index (χ4n) is 3.49. The van der Waals surface area contributed by atoms with Crippen LogP contribution in [0.5, 0.6) is 5.75 Å². The highest BCUT2D eigenvalue weighted by atomic mass is 19.4. The zero-order valence-corrected chi connectivity index (χ0v) is 17.7. The molecule has 3 rings (SSSR count). The van der Waals surface area contributed by atoms with Crippen LogP contribution in [0.25, 0.3) is 0 Å². The third kappa shape index (κ3) is 6.38. The molecule has 0 aliphatic carbocycles. The first-order valence-electron chi connectivity index (χ1n) is 10.5. The van der Waals surface area contributed by atoms with Gasteiger partial charge in [-0.15, -0.1) is 0 Å². The summed E-state index contributed by atoms with van der Waals surface area (Å²) in [4.78, 5) is 0. The zero-order valence-electron chi connectivity index (χ0n) is 17.7. The number of halogens is 7. The predicted octanol–water partition coefficient (Wildman–Crippen LogP) is 7.15. The van der Waals surface area contributed by atoms with Crippen LogP contribution in [-0.4, -0.2) is 19.3 Å². The van der Waals surface area contributed by atoms with Crippen molar-refractivity contribution in [1.29, 1.82) is 0 Å². The minimum absolute atomic E-state index is 0.00525. The van der Waals surface area contributed by atoms with Crippen LogP contribution in [0, 0.1) is 11.6 Å². The quantitative estimate of drug-likeness (QED) is 0.297. The molecule has 182 valence electrons. The molecule has 0 N–H and O–H groups in total. The summed E-state index contributed by atoms with van der Waals surface area (Å²) in [6, 6.07) is 5.12. The monoisotopic (exact) mass is 480 g/mol. The topological polar surface area (TPSA) is 27.7 Å². The number of alkyl halides is 5. The zero-order chi connectivity index (χ0) is 24.2. The molecule has 2 unspecified atom stereocenters. The van der Waals surface area contributed by atoms with E-state index in [1.165, 1.54) is 12.1 Å². The van der Waals surface area contributed by atoms with Gasteiger partial charge in [0.1, 0.15) is 22.9 Å². The Labute approximate surface area is 186 Å². The lowest BCUT2D eigenvalue weighted by Crippen LogP contribution is -2.28. The number of unbranched alkanes of at least 4 members (excludes halogenated alkanes) is 1. The molecule has 1 fully saturated rings. The minimum atomic E-state index is -5.31. The molecule has 10 heteroatoms. The second kappa shape index (κ2) is 10.3. The maximum absolute atomic E-state index is 14.5. The van der Waals surface area contributed by atoms with E-state index >= 15 is 0 Å². The molecular formula is C23H23F7O3. The SMILES string of the molecule is CCCCOC1CCC(c2ccc(C(F)(F)Oc3cc(F)c(C(F)(F)F)c(F)c3)cc2)OC1. The van der Waals surface area contributed by atoms with Crippen LogP contribution < -0.4 is 4.74 Å². The van der Waals surface area contributed by atoms with Gasteiger partial charge in [-0.05, 0) is 37.0 Å². The molecule has 1 heterocycles. The first kappa shape index (κ1) is 25.3. The van der Waals surface area contributed by atoms with Crippen molar-refractivity contribution in [3.63, 3.8) is 0 Å². The lowest BCUT2D eigenvalue weighted by Gasteiger charge is -2.29. The van der Waals surface area contributed by atoms with Gasteiger partial charge in [0.25, 0.3) is 0 Å². The molecule has 2 atom stereocenters. The smallest absolute Gasteiger partial charge is 0.426 e. The number of benzene rings is 2. The number of hydrogen-bond acceptors (Lipinski definition) is 3. The molecule has 0 amide bonds. The second-order valence-electron chi connectivity index (χ2n) is 7.75. The number of ether oxygens (including phenoxy) is 3. The Hall–Kier alpha value is -2.33.